The number of benzene rings is 2. The molecular formula is C17H20ClNO2. The molecule has 0 aliphatic heterocycles. The lowest BCUT2D eigenvalue weighted by Crippen LogP contribution is -2.17. The van der Waals surface area contributed by atoms with Gasteiger partial charge in [-0.1, -0.05) is 41.4 Å². The fourth-order valence-electron chi connectivity index (χ4n) is 2.39. The number of methoxy groups -OCH3 is 2. The Morgan fingerprint density at radius 2 is 1.67 bits per heavy atom. The fourth-order valence-corrected chi connectivity index (χ4v) is 2.69. The standard InChI is InChI=1S/C17H20ClNO2/c1-11-5-7-12(8-6-11)16(19-2)13-9-14(18)17(21-4)15(10-13)20-3/h5-10,16,19H,1-4H3. The van der Waals surface area contributed by atoms with Gasteiger partial charge in [0.1, 0.15) is 0 Å². The second kappa shape index (κ2) is 6.83. The smallest absolute Gasteiger partial charge is 0.179 e. The highest BCUT2D eigenvalue weighted by Gasteiger charge is 2.17. The van der Waals surface area contributed by atoms with E-state index in [4.69, 9.17) is 21.1 Å². The Morgan fingerprint density at radius 1 is 1.00 bits per heavy atom. The van der Waals surface area contributed by atoms with Crippen molar-refractivity contribution in [2.24, 2.45) is 0 Å². The number of hydrogen-bond acceptors (Lipinski definition) is 3. The lowest BCUT2D eigenvalue weighted by atomic mass is 9.97. The Labute approximate surface area is 130 Å². The first kappa shape index (κ1) is 15.7. The van der Waals surface area contributed by atoms with Crippen LogP contribution >= 0.6 is 11.6 Å². The van der Waals surface area contributed by atoms with Gasteiger partial charge in [0, 0.05) is 0 Å². The molecule has 2 aromatic rings. The van der Waals surface area contributed by atoms with Crippen molar-refractivity contribution in [3.63, 3.8) is 0 Å². The summed E-state index contributed by atoms with van der Waals surface area (Å²) in [5, 5.41) is 3.86. The average molecular weight is 306 g/mol. The Balaban J connectivity index is 2.47. The molecule has 1 unspecified atom stereocenters. The van der Waals surface area contributed by atoms with Crippen molar-refractivity contribution >= 4 is 11.6 Å². The molecule has 112 valence electrons. The maximum absolute atomic E-state index is 6.29. The number of ether oxygens (including phenoxy) is 2. The maximum Gasteiger partial charge on any atom is 0.179 e. The third-order valence-electron chi connectivity index (χ3n) is 3.49. The van der Waals surface area contributed by atoms with Crippen LogP contribution in [0.2, 0.25) is 5.02 Å². The van der Waals surface area contributed by atoms with Gasteiger partial charge in [-0.05, 0) is 37.2 Å². The largest absolute Gasteiger partial charge is 0.493 e. The predicted molar refractivity (Wildman–Crippen MR) is 86.6 cm³/mol. The lowest BCUT2D eigenvalue weighted by Gasteiger charge is -2.20. The minimum atomic E-state index is 0.0444. The zero-order valence-corrected chi connectivity index (χ0v) is 13.5. The maximum atomic E-state index is 6.29. The Kier molecular flexibility index (Phi) is 5.10. The van der Waals surface area contributed by atoms with Crippen LogP contribution in [0.25, 0.3) is 0 Å². The molecule has 0 heterocycles. The molecule has 21 heavy (non-hydrogen) atoms. The van der Waals surface area contributed by atoms with Crippen molar-refractivity contribution in [1.82, 2.24) is 5.32 Å². The summed E-state index contributed by atoms with van der Waals surface area (Å²) < 4.78 is 10.6. The lowest BCUT2D eigenvalue weighted by molar-refractivity contribution is 0.354. The zero-order valence-electron chi connectivity index (χ0n) is 12.7. The van der Waals surface area contributed by atoms with Crippen LogP contribution in [0.15, 0.2) is 36.4 Å². The van der Waals surface area contributed by atoms with Gasteiger partial charge < -0.3 is 14.8 Å². The van der Waals surface area contributed by atoms with Crippen LogP contribution in [0.3, 0.4) is 0 Å². The summed E-state index contributed by atoms with van der Waals surface area (Å²) in [4.78, 5) is 0. The summed E-state index contributed by atoms with van der Waals surface area (Å²) in [6.45, 7) is 2.07. The van der Waals surface area contributed by atoms with Crippen molar-refractivity contribution in [3.8, 4) is 11.5 Å². The molecule has 0 amide bonds. The molecule has 0 saturated carbocycles. The SMILES string of the molecule is CNC(c1ccc(C)cc1)c1cc(Cl)c(OC)c(OC)c1. The molecule has 2 aromatic carbocycles. The number of aryl methyl sites for hydroxylation is 1. The number of rotatable bonds is 5. The molecule has 0 aliphatic rings. The van der Waals surface area contributed by atoms with Crippen molar-refractivity contribution in [2.75, 3.05) is 21.3 Å². The van der Waals surface area contributed by atoms with Gasteiger partial charge in [0.05, 0.1) is 25.3 Å². The average Bonchev–Trinajstić information content (AvgIpc) is 2.49. The van der Waals surface area contributed by atoms with E-state index >= 15 is 0 Å². The molecule has 0 aromatic heterocycles. The van der Waals surface area contributed by atoms with Crippen LogP contribution in [-0.2, 0) is 0 Å². The van der Waals surface area contributed by atoms with Crippen molar-refractivity contribution in [1.29, 1.82) is 0 Å². The van der Waals surface area contributed by atoms with E-state index in [1.165, 1.54) is 11.1 Å². The second-order valence-corrected chi connectivity index (χ2v) is 5.28. The third-order valence-corrected chi connectivity index (χ3v) is 3.77. The van der Waals surface area contributed by atoms with Gasteiger partial charge in [-0.3, -0.25) is 0 Å². The number of halogens is 1. The molecule has 2 rings (SSSR count). The van der Waals surface area contributed by atoms with Crippen molar-refractivity contribution < 1.29 is 9.47 Å². The van der Waals surface area contributed by atoms with E-state index in [1.54, 1.807) is 14.2 Å². The first-order valence-electron chi connectivity index (χ1n) is 6.76. The Bertz CT molecular complexity index is 611. The molecule has 0 bridgehead atoms. The van der Waals surface area contributed by atoms with E-state index < -0.39 is 0 Å². The summed E-state index contributed by atoms with van der Waals surface area (Å²) in [5.74, 6) is 1.19. The van der Waals surface area contributed by atoms with E-state index in [9.17, 15) is 0 Å². The number of hydrogen-bond donors (Lipinski definition) is 1. The topological polar surface area (TPSA) is 30.5 Å². The Hall–Kier alpha value is -1.71. The molecule has 0 radical (unpaired) electrons. The van der Waals surface area contributed by atoms with E-state index in [1.807, 2.05) is 19.2 Å². The van der Waals surface area contributed by atoms with E-state index in [0.29, 0.717) is 16.5 Å². The molecule has 1 N–H and O–H groups in total. The third kappa shape index (κ3) is 3.31. The molecule has 0 aliphatic carbocycles. The molecule has 0 fully saturated rings. The minimum Gasteiger partial charge on any atom is -0.493 e. The highest BCUT2D eigenvalue weighted by Crippen LogP contribution is 2.38. The van der Waals surface area contributed by atoms with Gasteiger partial charge in [0.2, 0.25) is 0 Å². The van der Waals surface area contributed by atoms with Gasteiger partial charge in [-0.15, -0.1) is 0 Å². The van der Waals surface area contributed by atoms with Crippen molar-refractivity contribution in [3.05, 3.63) is 58.1 Å². The minimum absolute atomic E-state index is 0.0444. The van der Waals surface area contributed by atoms with Crippen LogP contribution in [0.1, 0.15) is 22.7 Å². The summed E-state index contributed by atoms with van der Waals surface area (Å²) in [6, 6.07) is 12.3. The summed E-state index contributed by atoms with van der Waals surface area (Å²) in [6.07, 6.45) is 0. The van der Waals surface area contributed by atoms with Crippen LogP contribution < -0.4 is 14.8 Å². The highest BCUT2D eigenvalue weighted by molar-refractivity contribution is 6.32. The van der Waals surface area contributed by atoms with E-state index in [0.717, 1.165) is 5.56 Å². The molecule has 3 nitrogen and oxygen atoms in total. The van der Waals surface area contributed by atoms with Crippen molar-refractivity contribution in [2.45, 2.75) is 13.0 Å². The quantitative estimate of drug-likeness (QED) is 0.906. The van der Waals surface area contributed by atoms with Crippen LogP contribution in [0.5, 0.6) is 11.5 Å². The molecule has 0 saturated heterocycles. The normalized spacial score (nSPS) is 12.0. The van der Waals surface area contributed by atoms with Gasteiger partial charge in [-0.25, -0.2) is 0 Å². The molecular weight excluding hydrogens is 286 g/mol. The molecule has 0 spiro atoms. The first-order chi connectivity index (χ1) is 10.1. The Morgan fingerprint density at radius 3 is 2.19 bits per heavy atom. The van der Waals surface area contributed by atoms with Crippen LogP contribution in [0, 0.1) is 6.92 Å². The zero-order chi connectivity index (χ0) is 15.4. The second-order valence-electron chi connectivity index (χ2n) is 4.87. The fraction of sp³-hybridized carbons (Fsp3) is 0.294. The van der Waals surface area contributed by atoms with E-state index in [-0.39, 0.29) is 6.04 Å². The summed E-state index contributed by atoms with van der Waals surface area (Å²) in [5.41, 5.74) is 3.44. The number of nitrogens with one attached hydrogen (secondary N) is 1. The summed E-state index contributed by atoms with van der Waals surface area (Å²) in [7, 11) is 5.12. The molecule has 4 heteroatoms. The first-order valence-corrected chi connectivity index (χ1v) is 7.13. The molecule has 1 atom stereocenters. The van der Waals surface area contributed by atoms with Gasteiger partial charge in [0.25, 0.3) is 0 Å². The predicted octanol–water partition coefficient (Wildman–Crippen LogP) is 3.97. The van der Waals surface area contributed by atoms with E-state index in [2.05, 4.69) is 36.5 Å². The highest BCUT2D eigenvalue weighted by atomic mass is 35.5. The monoisotopic (exact) mass is 305 g/mol. The summed E-state index contributed by atoms with van der Waals surface area (Å²) >= 11 is 6.29. The van der Waals surface area contributed by atoms with Gasteiger partial charge in [-0.2, -0.15) is 0 Å². The van der Waals surface area contributed by atoms with Gasteiger partial charge in [0.15, 0.2) is 11.5 Å². The van der Waals surface area contributed by atoms with Crippen LogP contribution in [0.4, 0.5) is 0 Å². The van der Waals surface area contributed by atoms with Crippen LogP contribution in [-0.4, -0.2) is 21.3 Å². The van der Waals surface area contributed by atoms with Gasteiger partial charge >= 0.3 is 0 Å².